The minimum absolute atomic E-state index is 0.711. The largest absolute Gasteiger partial charge is 0.103 e. The Balaban J connectivity index is 3.52. The lowest BCUT2D eigenvalue weighted by Crippen LogP contribution is -1.88. The summed E-state index contributed by atoms with van der Waals surface area (Å²) < 4.78 is 0. The standard InChI is InChI=1S/C10H18/c1-5-6-7-10(4)8-9(2)3/h5,8,10H,1,6-7H2,2-4H3. The summed E-state index contributed by atoms with van der Waals surface area (Å²) in [5, 5.41) is 0. The van der Waals surface area contributed by atoms with Gasteiger partial charge in [0.2, 0.25) is 0 Å². The molecule has 0 aromatic heterocycles. The summed E-state index contributed by atoms with van der Waals surface area (Å²) in [5.41, 5.74) is 1.41. The highest BCUT2D eigenvalue weighted by atomic mass is 14.0. The highest BCUT2D eigenvalue weighted by Gasteiger charge is 1.94. The van der Waals surface area contributed by atoms with Gasteiger partial charge in [-0.25, -0.2) is 0 Å². The fourth-order valence-corrected chi connectivity index (χ4v) is 1.03. The summed E-state index contributed by atoms with van der Waals surface area (Å²) in [6.45, 7) is 10.2. The van der Waals surface area contributed by atoms with Gasteiger partial charge in [-0.05, 0) is 32.6 Å². The molecule has 0 aliphatic rings. The van der Waals surface area contributed by atoms with Crippen molar-refractivity contribution in [2.24, 2.45) is 5.92 Å². The molecule has 0 heteroatoms. The highest BCUT2D eigenvalue weighted by Crippen LogP contribution is 2.09. The third kappa shape index (κ3) is 5.61. The molecule has 10 heavy (non-hydrogen) atoms. The van der Waals surface area contributed by atoms with Crippen molar-refractivity contribution in [1.82, 2.24) is 0 Å². The average molecular weight is 138 g/mol. The summed E-state index contributed by atoms with van der Waals surface area (Å²) in [6.07, 6.45) is 6.65. The van der Waals surface area contributed by atoms with Crippen LogP contribution < -0.4 is 0 Å². The molecule has 0 radical (unpaired) electrons. The van der Waals surface area contributed by atoms with E-state index in [-0.39, 0.29) is 0 Å². The van der Waals surface area contributed by atoms with Crippen molar-refractivity contribution in [1.29, 1.82) is 0 Å². The number of hydrogen-bond donors (Lipinski definition) is 0. The summed E-state index contributed by atoms with van der Waals surface area (Å²) in [5.74, 6) is 0.711. The molecule has 0 aromatic carbocycles. The van der Waals surface area contributed by atoms with Gasteiger partial charge in [0.05, 0.1) is 0 Å². The molecule has 0 fully saturated rings. The van der Waals surface area contributed by atoms with E-state index in [1.807, 2.05) is 6.08 Å². The molecule has 0 N–H and O–H groups in total. The van der Waals surface area contributed by atoms with Gasteiger partial charge in [0.1, 0.15) is 0 Å². The maximum Gasteiger partial charge on any atom is -0.0257 e. The smallest absolute Gasteiger partial charge is 0.0257 e. The Kier molecular flexibility index (Phi) is 5.00. The zero-order valence-corrected chi connectivity index (χ0v) is 7.35. The van der Waals surface area contributed by atoms with E-state index >= 15 is 0 Å². The minimum Gasteiger partial charge on any atom is -0.103 e. The van der Waals surface area contributed by atoms with E-state index in [4.69, 9.17) is 0 Å². The van der Waals surface area contributed by atoms with Gasteiger partial charge < -0.3 is 0 Å². The van der Waals surface area contributed by atoms with Gasteiger partial charge in [0.15, 0.2) is 0 Å². The molecule has 0 rings (SSSR count). The summed E-state index contributed by atoms with van der Waals surface area (Å²) >= 11 is 0. The van der Waals surface area contributed by atoms with Crippen LogP contribution in [0.25, 0.3) is 0 Å². The van der Waals surface area contributed by atoms with Crippen LogP contribution in [0.3, 0.4) is 0 Å². The molecular formula is C10H18. The first-order valence-corrected chi connectivity index (χ1v) is 3.92. The molecule has 0 heterocycles. The molecule has 0 aliphatic heterocycles. The normalized spacial score (nSPS) is 12.3. The van der Waals surface area contributed by atoms with Gasteiger partial charge in [0, 0.05) is 0 Å². The third-order valence-electron chi connectivity index (χ3n) is 1.44. The van der Waals surface area contributed by atoms with E-state index in [1.165, 1.54) is 12.0 Å². The SMILES string of the molecule is C=CCCC(C)C=C(C)C. The monoisotopic (exact) mass is 138 g/mol. The van der Waals surface area contributed by atoms with Crippen molar-refractivity contribution in [3.05, 3.63) is 24.3 Å². The molecule has 0 aromatic rings. The Morgan fingerprint density at radius 2 is 2.10 bits per heavy atom. The molecule has 0 nitrogen and oxygen atoms in total. The molecule has 0 saturated carbocycles. The van der Waals surface area contributed by atoms with Crippen LogP contribution >= 0.6 is 0 Å². The Labute approximate surface area is 64.6 Å². The molecular weight excluding hydrogens is 120 g/mol. The topological polar surface area (TPSA) is 0 Å². The maximum absolute atomic E-state index is 3.69. The van der Waals surface area contributed by atoms with Gasteiger partial charge >= 0.3 is 0 Å². The second-order valence-corrected chi connectivity index (χ2v) is 3.09. The third-order valence-corrected chi connectivity index (χ3v) is 1.44. The predicted molar refractivity (Wildman–Crippen MR) is 48.0 cm³/mol. The van der Waals surface area contributed by atoms with Gasteiger partial charge in [-0.15, -0.1) is 6.58 Å². The van der Waals surface area contributed by atoms with Crippen LogP contribution in [0.5, 0.6) is 0 Å². The van der Waals surface area contributed by atoms with Crippen LogP contribution in [0.2, 0.25) is 0 Å². The molecule has 0 aliphatic carbocycles. The van der Waals surface area contributed by atoms with E-state index in [0.29, 0.717) is 5.92 Å². The fraction of sp³-hybridized carbons (Fsp3) is 0.600. The molecule has 0 spiro atoms. The fourth-order valence-electron chi connectivity index (χ4n) is 1.03. The molecule has 0 amide bonds. The number of allylic oxidation sites excluding steroid dienone is 3. The predicted octanol–water partition coefficient (Wildman–Crippen LogP) is 3.55. The van der Waals surface area contributed by atoms with Crippen LogP contribution in [0.15, 0.2) is 24.3 Å². The van der Waals surface area contributed by atoms with Gasteiger partial charge in [0.25, 0.3) is 0 Å². The van der Waals surface area contributed by atoms with Crippen LogP contribution in [0.4, 0.5) is 0 Å². The van der Waals surface area contributed by atoms with E-state index in [0.717, 1.165) is 6.42 Å². The molecule has 0 bridgehead atoms. The minimum atomic E-state index is 0.711. The van der Waals surface area contributed by atoms with Gasteiger partial charge in [-0.3, -0.25) is 0 Å². The van der Waals surface area contributed by atoms with Crippen LogP contribution in [-0.4, -0.2) is 0 Å². The Hall–Kier alpha value is -0.520. The zero-order valence-electron chi connectivity index (χ0n) is 7.35. The summed E-state index contributed by atoms with van der Waals surface area (Å²) in [4.78, 5) is 0. The first-order chi connectivity index (χ1) is 4.66. The van der Waals surface area contributed by atoms with Crippen LogP contribution in [0, 0.1) is 5.92 Å². The Morgan fingerprint density at radius 1 is 1.50 bits per heavy atom. The highest BCUT2D eigenvalue weighted by molar-refractivity contribution is 4.96. The zero-order chi connectivity index (χ0) is 7.98. The molecule has 1 atom stereocenters. The van der Waals surface area contributed by atoms with Crippen molar-refractivity contribution in [2.45, 2.75) is 33.6 Å². The van der Waals surface area contributed by atoms with Crippen molar-refractivity contribution >= 4 is 0 Å². The second kappa shape index (κ2) is 5.28. The van der Waals surface area contributed by atoms with E-state index in [2.05, 4.69) is 33.4 Å². The van der Waals surface area contributed by atoms with Crippen LogP contribution in [0.1, 0.15) is 33.6 Å². The number of rotatable bonds is 4. The lowest BCUT2D eigenvalue weighted by atomic mass is 10.0. The van der Waals surface area contributed by atoms with Crippen molar-refractivity contribution in [2.75, 3.05) is 0 Å². The van der Waals surface area contributed by atoms with Crippen molar-refractivity contribution in [3.63, 3.8) is 0 Å². The van der Waals surface area contributed by atoms with E-state index < -0.39 is 0 Å². The Morgan fingerprint density at radius 3 is 2.50 bits per heavy atom. The van der Waals surface area contributed by atoms with Crippen LogP contribution in [-0.2, 0) is 0 Å². The summed E-state index contributed by atoms with van der Waals surface area (Å²) in [7, 11) is 0. The van der Waals surface area contributed by atoms with E-state index in [1.54, 1.807) is 0 Å². The van der Waals surface area contributed by atoms with Crippen molar-refractivity contribution < 1.29 is 0 Å². The first kappa shape index (κ1) is 9.48. The van der Waals surface area contributed by atoms with Crippen molar-refractivity contribution in [3.8, 4) is 0 Å². The first-order valence-electron chi connectivity index (χ1n) is 3.92. The lowest BCUT2D eigenvalue weighted by Gasteiger charge is -2.03. The van der Waals surface area contributed by atoms with Gasteiger partial charge in [-0.2, -0.15) is 0 Å². The molecule has 58 valence electrons. The van der Waals surface area contributed by atoms with Gasteiger partial charge in [-0.1, -0.05) is 24.6 Å². The molecule has 0 saturated heterocycles. The average Bonchev–Trinajstić information content (AvgIpc) is 1.82. The molecule has 1 unspecified atom stereocenters. The number of hydrogen-bond acceptors (Lipinski definition) is 0. The summed E-state index contributed by atoms with van der Waals surface area (Å²) in [6, 6.07) is 0. The maximum atomic E-state index is 3.69. The lowest BCUT2D eigenvalue weighted by molar-refractivity contribution is 0.654. The Bertz CT molecular complexity index is 116. The quantitative estimate of drug-likeness (QED) is 0.521. The van der Waals surface area contributed by atoms with E-state index in [9.17, 15) is 0 Å². The second-order valence-electron chi connectivity index (χ2n) is 3.09.